The fraction of sp³-hybridized carbons (Fsp3) is 0.524. The molecule has 0 spiro atoms. The predicted molar refractivity (Wildman–Crippen MR) is 130 cm³/mol. The number of hydrogen-bond acceptors (Lipinski definition) is 9. The Hall–Kier alpha value is -2.75. The first-order valence-corrected chi connectivity index (χ1v) is 13.5. The number of piperazine rings is 1. The summed E-state index contributed by atoms with van der Waals surface area (Å²) in [4.78, 5) is 15.0. The Morgan fingerprint density at radius 2 is 1.92 bits per heavy atom. The monoisotopic (exact) mass is 543 g/mol. The zero-order chi connectivity index (χ0) is 26.3. The summed E-state index contributed by atoms with van der Waals surface area (Å²) in [5.74, 6) is 0.279. The Morgan fingerprint density at radius 1 is 1.28 bits per heavy atom. The number of nitrogens with one attached hydrogen (secondary N) is 2. The maximum Gasteiger partial charge on any atom is 0.291 e. The number of rotatable bonds is 6. The lowest BCUT2D eigenvalue weighted by Crippen LogP contribution is -2.54. The number of anilines is 1. The Labute approximate surface area is 210 Å². The van der Waals surface area contributed by atoms with E-state index in [0.717, 1.165) is 29.9 Å². The smallest absolute Gasteiger partial charge is 0.291 e. The van der Waals surface area contributed by atoms with Gasteiger partial charge in [-0.2, -0.15) is 0 Å². The average molecular weight is 544 g/mol. The van der Waals surface area contributed by atoms with Crippen molar-refractivity contribution in [2.75, 3.05) is 18.0 Å². The van der Waals surface area contributed by atoms with Crippen LogP contribution in [0.5, 0.6) is 0 Å². The second-order valence-electron chi connectivity index (χ2n) is 9.29. The van der Waals surface area contributed by atoms with Gasteiger partial charge in [0.1, 0.15) is 4.90 Å². The largest absolute Gasteiger partial charge is 0.483 e. The van der Waals surface area contributed by atoms with Crippen molar-refractivity contribution in [1.29, 1.82) is 0 Å². The SMILES string of the molecule is C[C@@H]1CN(c2cc(S(=O)(=O)NC3(C)CC3)cn3c(-c4nnc(C(F)F)s4)ncc23)C[C@H](C)N1.O=CO. The topological polar surface area (TPSA) is 142 Å². The quantitative estimate of drug-likeness (QED) is 0.400. The highest BCUT2D eigenvalue weighted by Crippen LogP contribution is 2.37. The molecule has 196 valence electrons. The molecule has 11 nitrogen and oxygen atoms in total. The van der Waals surface area contributed by atoms with E-state index in [1.165, 1.54) is 6.20 Å². The van der Waals surface area contributed by atoms with E-state index in [0.29, 0.717) is 18.6 Å². The zero-order valence-electron chi connectivity index (χ0n) is 19.9. The molecule has 3 aromatic heterocycles. The van der Waals surface area contributed by atoms with Gasteiger partial charge in [-0.25, -0.2) is 26.9 Å². The van der Waals surface area contributed by atoms with E-state index in [2.05, 4.69) is 44.0 Å². The molecular weight excluding hydrogens is 516 g/mol. The van der Waals surface area contributed by atoms with Crippen molar-refractivity contribution in [3.63, 3.8) is 0 Å². The van der Waals surface area contributed by atoms with E-state index in [-0.39, 0.29) is 34.3 Å². The predicted octanol–water partition coefficient (Wildman–Crippen LogP) is 2.51. The van der Waals surface area contributed by atoms with Gasteiger partial charge in [-0.15, -0.1) is 10.2 Å². The number of pyridine rings is 1. The summed E-state index contributed by atoms with van der Waals surface area (Å²) in [7, 11) is -3.81. The maximum absolute atomic E-state index is 13.3. The van der Waals surface area contributed by atoms with Crippen LogP contribution in [0.15, 0.2) is 23.4 Å². The number of sulfonamides is 1. The molecule has 2 aliphatic rings. The molecule has 0 aromatic carbocycles. The molecule has 1 saturated heterocycles. The molecule has 15 heteroatoms. The van der Waals surface area contributed by atoms with Crippen molar-refractivity contribution in [2.45, 2.75) is 62.6 Å². The molecular formula is C21H27F2N7O4S2. The summed E-state index contributed by atoms with van der Waals surface area (Å²) in [6.07, 6.45) is 1.93. The van der Waals surface area contributed by atoms with Crippen LogP contribution >= 0.6 is 11.3 Å². The molecule has 2 atom stereocenters. The normalized spacial score (nSPS) is 21.3. The van der Waals surface area contributed by atoms with Gasteiger partial charge in [-0.3, -0.25) is 9.20 Å². The molecule has 0 unspecified atom stereocenters. The van der Waals surface area contributed by atoms with Crippen LogP contribution in [-0.4, -0.2) is 70.3 Å². The van der Waals surface area contributed by atoms with Gasteiger partial charge in [0.15, 0.2) is 15.8 Å². The van der Waals surface area contributed by atoms with E-state index in [4.69, 9.17) is 9.90 Å². The third-order valence-electron chi connectivity index (χ3n) is 6.00. The number of hydrogen-bond donors (Lipinski definition) is 3. The Balaban J connectivity index is 0.000000967. The minimum atomic E-state index is -3.81. The van der Waals surface area contributed by atoms with E-state index in [1.54, 1.807) is 16.7 Å². The highest BCUT2D eigenvalue weighted by molar-refractivity contribution is 7.89. The van der Waals surface area contributed by atoms with E-state index < -0.39 is 27.0 Å². The summed E-state index contributed by atoms with van der Waals surface area (Å²) in [6.45, 7) is 7.14. The van der Waals surface area contributed by atoms with Crippen molar-refractivity contribution in [3.8, 4) is 10.8 Å². The molecule has 0 amide bonds. The number of nitrogens with zero attached hydrogens (tertiary/aromatic N) is 5. The molecule has 3 N–H and O–H groups in total. The lowest BCUT2D eigenvalue weighted by Gasteiger charge is -2.38. The first kappa shape index (κ1) is 26.3. The van der Waals surface area contributed by atoms with Gasteiger partial charge in [-0.05, 0) is 39.7 Å². The van der Waals surface area contributed by atoms with E-state index in [1.807, 2.05) is 6.92 Å². The summed E-state index contributed by atoms with van der Waals surface area (Å²) in [5.41, 5.74) is 0.961. The van der Waals surface area contributed by atoms with Gasteiger partial charge in [-0.1, -0.05) is 11.3 Å². The number of alkyl halides is 2. The summed E-state index contributed by atoms with van der Waals surface area (Å²) in [6, 6.07) is 2.08. The van der Waals surface area contributed by atoms with Gasteiger partial charge in [0.2, 0.25) is 10.0 Å². The molecule has 0 radical (unpaired) electrons. The van der Waals surface area contributed by atoms with E-state index in [9.17, 15) is 17.2 Å². The lowest BCUT2D eigenvalue weighted by atomic mass is 10.1. The number of carboxylic acid groups (broad SMARTS) is 1. The van der Waals surface area contributed by atoms with Gasteiger partial charge in [0.25, 0.3) is 12.9 Å². The molecule has 2 fully saturated rings. The number of imidazole rings is 1. The van der Waals surface area contributed by atoms with Gasteiger partial charge in [0, 0.05) is 36.9 Å². The van der Waals surface area contributed by atoms with Crippen LogP contribution in [0.1, 0.15) is 45.0 Å². The third kappa shape index (κ3) is 5.48. The Kier molecular flexibility index (Phi) is 7.28. The van der Waals surface area contributed by atoms with Crippen LogP contribution in [0.25, 0.3) is 16.3 Å². The van der Waals surface area contributed by atoms with Crippen LogP contribution in [0, 0.1) is 0 Å². The van der Waals surface area contributed by atoms with Gasteiger partial charge in [0.05, 0.1) is 17.4 Å². The molecule has 3 aromatic rings. The second-order valence-corrected chi connectivity index (χ2v) is 12.0. The first-order chi connectivity index (χ1) is 17.0. The first-order valence-electron chi connectivity index (χ1n) is 11.2. The Bertz CT molecular complexity index is 1350. The van der Waals surface area contributed by atoms with Crippen molar-refractivity contribution < 1.29 is 27.1 Å². The standard InChI is InChI=1S/C20H25F2N7O2S2.CH2O2/c1-11-8-28(9-12(2)24-11)14-6-13(33(30,31)27-20(3)4-5-20)10-29-15(14)7-23-17(29)19-26-25-18(32-19)16(21)22;2-1-3/h6-7,10-12,16,24,27H,4-5,8-9H2,1-3H3;1H,(H,2,3)/t11-,12+;. The van der Waals surface area contributed by atoms with E-state index >= 15 is 0 Å². The van der Waals surface area contributed by atoms with Crippen molar-refractivity contribution in [2.24, 2.45) is 0 Å². The second kappa shape index (κ2) is 9.95. The summed E-state index contributed by atoms with van der Waals surface area (Å²) >= 11 is 0.745. The number of carbonyl (C=O) groups is 1. The minimum Gasteiger partial charge on any atom is -0.483 e. The van der Waals surface area contributed by atoms with Crippen LogP contribution < -0.4 is 14.9 Å². The van der Waals surface area contributed by atoms with Crippen LogP contribution in [0.2, 0.25) is 0 Å². The fourth-order valence-corrected chi connectivity index (χ4v) is 6.40. The number of fused-ring (bicyclic) bond motifs is 1. The molecule has 36 heavy (non-hydrogen) atoms. The van der Waals surface area contributed by atoms with Crippen molar-refractivity contribution in [3.05, 3.63) is 23.5 Å². The van der Waals surface area contributed by atoms with Gasteiger partial charge < -0.3 is 15.3 Å². The number of halogens is 2. The average Bonchev–Trinajstić information content (AvgIpc) is 3.17. The van der Waals surface area contributed by atoms with Crippen molar-refractivity contribution >= 4 is 39.0 Å². The minimum absolute atomic E-state index is 0.0924. The fourth-order valence-electron chi connectivity index (χ4n) is 4.22. The molecule has 4 heterocycles. The lowest BCUT2D eigenvalue weighted by molar-refractivity contribution is -0.122. The highest BCUT2D eigenvalue weighted by atomic mass is 32.2. The third-order valence-corrected chi connectivity index (χ3v) is 8.53. The molecule has 0 bridgehead atoms. The summed E-state index contributed by atoms with van der Waals surface area (Å²) in [5, 5.41) is 17.6. The van der Waals surface area contributed by atoms with Crippen LogP contribution in [-0.2, 0) is 14.8 Å². The summed E-state index contributed by atoms with van der Waals surface area (Å²) < 4.78 is 57.1. The molecule has 1 aliphatic carbocycles. The van der Waals surface area contributed by atoms with Crippen LogP contribution in [0.3, 0.4) is 0 Å². The Morgan fingerprint density at radius 3 is 2.47 bits per heavy atom. The van der Waals surface area contributed by atoms with Crippen molar-refractivity contribution in [1.82, 2.24) is 29.6 Å². The molecule has 1 saturated carbocycles. The zero-order valence-corrected chi connectivity index (χ0v) is 21.5. The highest BCUT2D eigenvalue weighted by Gasteiger charge is 2.41. The van der Waals surface area contributed by atoms with Gasteiger partial charge >= 0.3 is 0 Å². The number of aromatic nitrogens is 4. The molecule has 1 aliphatic heterocycles. The van der Waals surface area contributed by atoms with Crippen LogP contribution in [0.4, 0.5) is 14.5 Å². The molecule has 5 rings (SSSR count). The maximum atomic E-state index is 13.3.